The van der Waals surface area contributed by atoms with E-state index in [0.29, 0.717) is 6.04 Å². The van der Waals surface area contributed by atoms with Crippen LogP contribution in [0.25, 0.3) is 0 Å². The molecule has 1 aromatic rings. The van der Waals surface area contributed by atoms with Crippen molar-refractivity contribution in [1.82, 2.24) is 5.32 Å². The predicted molar refractivity (Wildman–Crippen MR) is 89.0 cm³/mol. The summed E-state index contributed by atoms with van der Waals surface area (Å²) in [6.07, 6.45) is 11.1. The van der Waals surface area contributed by atoms with Crippen LogP contribution >= 0.6 is 27.3 Å². The zero-order valence-electron chi connectivity index (χ0n) is 12.0. The van der Waals surface area contributed by atoms with Crippen molar-refractivity contribution in [3.63, 3.8) is 0 Å². The van der Waals surface area contributed by atoms with Crippen LogP contribution in [0.15, 0.2) is 15.9 Å². The summed E-state index contributed by atoms with van der Waals surface area (Å²) in [4.78, 5) is 1.52. The summed E-state index contributed by atoms with van der Waals surface area (Å²) >= 11 is 5.48. The molecule has 1 aliphatic carbocycles. The molecule has 1 N–H and O–H groups in total. The van der Waals surface area contributed by atoms with E-state index in [2.05, 4.69) is 40.3 Å². The number of hydrogen-bond donors (Lipinski definition) is 1. The Hall–Kier alpha value is 0.140. The number of nitrogens with one attached hydrogen (secondary N) is 1. The fraction of sp³-hybridized carbons (Fsp3) is 0.750. The fourth-order valence-corrected chi connectivity index (χ4v) is 4.67. The lowest BCUT2D eigenvalue weighted by atomic mass is 9.89. The Morgan fingerprint density at radius 3 is 2.58 bits per heavy atom. The van der Waals surface area contributed by atoms with E-state index >= 15 is 0 Å². The standard InChI is InChI=1S/C16H26BrNS/c1-2-11-18-15(12-14-9-10-16(17)19-14)13-7-5-3-4-6-8-13/h9-10,13,15,18H,2-8,11-12H2,1H3. The molecule has 19 heavy (non-hydrogen) atoms. The van der Waals surface area contributed by atoms with E-state index in [9.17, 15) is 0 Å². The highest BCUT2D eigenvalue weighted by Gasteiger charge is 2.22. The minimum absolute atomic E-state index is 0.684. The molecule has 0 amide bonds. The molecule has 0 aromatic carbocycles. The number of halogens is 1. The number of rotatable bonds is 6. The molecule has 0 bridgehead atoms. The molecule has 1 atom stereocenters. The average Bonchev–Trinajstić information content (AvgIpc) is 2.67. The van der Waals surface area contributed by atoms with Crippen molar-refractivity contribution in [2.45, 2.75) is 64.3 Å². The summed E-state index contributed by atoms with van der Waals surface area (Å²) < 4.78 is 1.26. The molecule has 0 radical (unpaired) electrons. The van der Waals surface area contributed by atoms with Gasteiger partial charge in [0, 0.05) is 10.9 Å². The van der Waals surface area contributed by atoms with Crippen LogP contribution in [-0.4, -0.2) is 12.6 Å². The quantitative estimate of drug-likeness (QED) is 0.682. The van der Waals surface area contributed by atoms with Crippen LogP contribution in [0.3, 0.4) is 0 Å². The van der Waals surface area contributed by atoms with Gasteiger partial charge in [-0.3, -0.25) is 0 Å². The zero-order chi connectivity index (χ0) is 13.5. The Balaban J connectivity index is 1.97. The maximum Gasteiger partial charge on any atom is 0.0701 e. The lowest BCUT2D eigenvalue weighted by Gasteiger charge is -2.27. The second-order valence-corrected chi connectivity index (χ2v) is 8.27. The Morgan fingerprint density at radius 1 is 1.26 bits per heavy atom. The third-order valence-corrected chi connectivity index (χ3v) is 5.82. The number of thiophene rings is 1. The topological polar surface area (TPSA) is 12.0 Å². The molecule has 1 heterocycles. The van der Waals surface area contributed by atoms with E-state index in [0.717, 1.165) is 12.5 Å². The van der Waals surface area contributed by atoms with Crippen LogP contribution in [0.4, 0.5) is 0 Å². The molecule has 2 rings (SSSR count). The van der Waals surface area contributed by atoms with Gasteiger partial charge in [-0.15, -0.1) is 11.3 Å². The van der Waals surface area contributed by atoms with E-state index in [-0.39, 0.29) is 0 Å². The second kappa shape index (κ2) is 8.43. The van der Waals surface area contributed by atoms with Gasteiger partial charge in [-0.25, -0.2) is 0 Å². The lowest BCUT2D eigenvalue weighted by Crippen LogP contribution is -2.38. The van der Waals surface area contributed by atoms with Crippen LogP contribution in [-0.2, 0) is 6.42 Å². The van der Waals surface area contributed by atoms with Crippen molar-refractivity contribution >= 4 is 27.3 Å². The maximum absolute atomic E-state index is 3.82. The minimum Gasteiger partial charge on any atom is -0.313 e. The van der Waals surface area contributed by atoms with Crippen LogP contribution in [0.2, 0.25) is 0 Å². The first kappa shape index (κ1) is 15.5. The summed E-state index contributed by atoms with van der Waals surface area (Å²) in [6, 6.07) is 5.15. The average molecular weight is 344 g/mol. The Bertz CT molecular complexity index is 355. The van der Waals surface area contributed by atoms with Crippen molar-refractivity contribution in [2.75, 3.05) is 6.54 Å². The van der Waals surface area contributed by atoms with E-state index in [4.69, 9.17) is 0 Å². The van der Waals surface area contributed by atoms with Crippen LogP contribution in [0, 0.1) is 5.92 Å². The largest absolute Gasteiger partial charge is 0.313 e. The molecule has 1 aromatic heterocycles. The molecule has 0 aliphatic heterocycles. The van der Waals surface area contributed by atoms with Gasteiger partial charge in [0.15, 0.2) is 0 Å². The van der Waals surface area contributed by atoms with Gasteiger partial charge in [0.05, 0.1) is 3.79 Å². The molecule has 3 heteroatoms. The second-order valence-electron chi connectivity index (χ2n) is 5.72. The molecule has 1 unspecified atom stereocenters. The first-order valence-corrected chi connectivity index (χ1v) is 9.38. The monoisotopic (exact) mass is 343 g/mol. The Kier molecular flexibility index (Phi) is 6.89. The SMILES string of the molecule is CCCNC(Cc1ccc(Br)s1)C1CCCCCC1. The molecule has 108 valence electrons. The predicted octanol–water partition coefficient (Wildman–Crippen LogP) is 5.39. The van der Waals surface area contributed by atoms with Gasteiger partial charge in [0.1, 0.15) is 0 Å². The third-order valence-electron chi connectivity index (χ3n) is 4.18. The smallest absolute Gasteiger partial charge is 0.0701 e. The summed E-state index contributed by atoms with van der Waals surface area (Å²) in [5.41, 5.74) is 0. The van der Waals surface area contributed by atoms with E-state index < -0.39 is 0 Å². The summed E-state index contributed by atoms with van der Waals surface area (Å²) in [6.45, 7) is 3.42. The van der Waals surface area contributed by atoms with Gasteiger partial charge < -0.3 is 5.32 Å². The van der Waals surface area contributed by atoms with Gasteiger partial charge in [-0.1, -0.05) is 32.6 Å². The summed E-state index contributed by atoms with van der Waals surface area (Å²) in [7, 11) is 0. The minimum atomic E-state index is 0.684. The molecule has 1 fully saturated rings. The van der Waals surface area contributed by atoms with Crippen LogP contribution in [0.5, 0.6) is 0 Å². The maximum atomic E-state index is 3.82. The zero-order valence-corrected chi connectivity index (χ0v) is 14.4. The van der Waals surface area contributed by atoms with E-state index in [1.165, 1.54) is 60.0 Å². The molecule has 0 spiro atoms. The van der Waals surface area contributed by atoms with Crippen LogP contribution in [0.1, 0.15) is 56.7 Å². The van der Waals surface area contributed by atoms with Crippen molar-refractivity contribution in [2.24, 2.45) is 5.92 Å². The van der Waals surface area contributed by atoms with E-state index in [1.54, 1.807) is 0 Å². The third kappa shape index (κ3) is 5.20. The molecular formula is C16H26BrNS. The first-order valence-electron chi connectivity index (χ1n) is 7.77. The highest BCUT2D eigenvalue weighted by atomic mass is 79.9. The van der Waals surface area contributed by atoms with Crippen molar-refractivity contribution in [3.8, 4) is 0 Å². The lowest BCUT2D eigenvalue weighted by molar-refractivity contribution is 0.318. The first-order chi connectivity index (χ1) is 9.29. The molecule has 1 saturated carbocycles. The fourth-order valence-electron chi connectivity index (χ4n) is 3.13. The molecule has 1 nitrogen and oxygen atoms in total. The normalized spacial score (nSPS) is 19.3. The van der Waals surface area contributed by atoms with Crippen LogP contribution < -0.4 is 5.32 Å². The van der Waals surface area contributed by atoms with Gasteiger partial charge in [0.2, 0.25) is 0 Å². The van der Waals surface area contributed by atoms with Gasteiger partial charge >= 0.3 is 0 Å². The van der Waals surface area contributed by atoms with Crippen molar-refractivity contribution in [1.29, 1.82) is 0 Å². The Morgan fingerprint density at radius 2 is 2.00 bits per heavy atom. The molecule has 1 aliphatic rings. The molecule has 0 saturated heterocycles. The highest BCUT2D eigenvalue weighted by Crippen LogP contribution is 2.29. The van der Waals surface area contributed by atoms with Gasteiger partial charge in [0.25, 0.3) is 0 Å². The van der Waals surface area contributed by atoms with E-state index in [1.807, 2.05) is 11.3 Å². The summed E-state index contributed by atoms with van der Waals surface area (Å²) in [5, 5.41) is 3.82. The Labute approximate surface area is 130 Å². The van der Waals surface area contributed by atoms with Crippen molar-refractivity contribution in [3.05, 3.63) is 20.8 Å². The number of hydrogen-bond acceptors (Lipinski definition) is 2. The van der Waals surface area contributed by atoms with Gasteiger partial charge in [-0.05, 0) is 66.2 Å². The van der Waals surface area contributed by atoms with Crippen molar-refractivity contribution < 1.29 is 0 Å². The molecular weight excluding hydrogens is 318 g/mol. The van der Waals surface area contributed by atoms with Gasteiger partial charge in [-0.2, -0.15) is 0 Å². The highest BCUT2D eigenvalue weighted by molar-refractivity contribution is 9.11. The summed E-state index contributed by atoms with van der Waals surface area (Å²) in [5.74, 6) is 0.884.